The van der Waals surface area contributed by atoms with Crippen LogP contribution in [-0.4, -0.2) is 92.6 Å². The quantitative estimate of drug-likeness (QED) is 0.391. The monoisotopic (exact) mass is 551 g/mol. The summed E-state index contributed by atoms with van der Waals surface area (Å²) in [6, 6.07) is 16.7. The Labute approximate surface area is 232 Å². The lowest BCUT2D eigenvalue weighted by atomic mass is 10.2. The van der Waals surface area contributed by atoms with Gasteiger partial charge in [-0.15, -0.1) is 11.3 Å². The summed E-state index contributed by atoms with van der Waals surface area (Å²) in [7, 11) is 3.20. The SMILES string of the molecule is COCCN(CC(=O)Nc1nc(CC(=O)N2CCN(c3ccccc3OC)CC2)cs1)C(=O)c1ccccc1. The van der Waals surface area contributed by atoms with Crippen LogP contribution >= 0.6 is 11.3 Å². The van der Waals surface area contributed by atoms with E-state index in [2.05, 4.69) is 15.2 Å². The molecule has 1 aromatic heterocycles. The second-order valence-corrected chi connectivity index (χ2v) is 9.85. The number of hydrogen-bond donors (Lipinski definition) is 1. The first-order chi connectivity index (χ1) is 19.0. The van der Waals surface area contributed by atoms with Crippen molar-refractivity contribution in [1.29, 1.82) is 0 Å². The van der Waals surface area contributed by atoms with Gasteiger partial charge >= 0.3 is 0 Å². The molecule has 4 rings (SSSR count). The number of hydrogen-bond acceptors (Lipinski definition) is 8. The minimum atomic E-state index is -0.366. The van der Waals surface area contributed by atoms with E-state index in [0.29, 0.717) is 49.2 Å². The summed E-state index contributed by atoms with van der Waals surface area (Å²) in [6.07, 6.45) is 0.160. The largest absolute Gasteiger partial charge is 0.495 e. The molecule has 206 valence electrons. The first kappa shape index (κ1) is 28.1. The van der Waals surface area contributed by atoms with Crippen molar-refractivity contribution in [2.45, 2.75) is 6.42 Å². The maximum atomic E-state index is 12.9. The Kier molecular flexibility index (Phi) is 9.87. The zero-order valence-electron chi connectivity index (χ0n) is 22.2. The molecule has 39 heavy (non-hydrogen) atoms. The van der Waals surface area contributed by atoms with Crippen molar-refractivity contribution >= 4 is 39.9 Å². The molecule has 0 aliphatic carbocycles. The van der Waals surface area contributed by atoms with E-state index >= 15 is 0 Å². The Hall–Kier alpha value is -3.96. The third kappa shape index (κ3) is 7.55. The number of methoxy groups -OCH3 is 2. The summed E-state index contributed by atoms with van der Waals surface area (Å²) >= 11 is 1.25. The van der Waals surface area contributed by atoms with Gasteiger partial charge in [0.2, 0.25) is 11.8 Å². The number of piperazine rings is 1. The average molecular weight is 552 g/mol. The molecule has 2 aromatic carbocycles. The van der Waals surface area contributed by atoms with Gasteiger partial charge in [-0.1, -0.05) is 30.3 Å². The standard InChI is InChI=1S/C28H33N5O5S/c1-37-17-16-33(27(36)21-8-4-3-5-9-21)19-25(34)30-28-29-22(20-39-28)18-26(35)32-14-12-31(13-15-32)23-10-6-7-11-24(23)38-2/h3-11,20H,12-19H2,1-2H3,(H,29,30,34). The molecule has 3 amide bonds. The van der Waals surface area contributed by atoms with Gasteiger partial charge in [0.15, 0.2) is 5.13 Å². The number of anilines is 2. The number of carbonyl (C=O) groups excluding carboxylic acids is 3. The van der Waals surface area contributed by atoms with Gasteiger partial charge in [-0.3, -0.25) is 14.4 Å². The lowest BCUT2D eigenvalue weighted by Gasteiger charge is -2.36. The lowest BCUT2D eigenvalue weighted by molar-refractivity contribution is -0.130. The van der Waals surface area contributed by atoms with Crippen molar-refractivity contribution < 1.29 is 23.9 Å². The lowest BCUT2D eigenvalue weighted by Crippen LogP contribution is -2.49. The highest BCUT2D eigenvalue weighted by atomic mass is 32.1. The van der Waals surface area contributed by atoms with Crippen LogP contribution in [-0.2, 0) is 20.7 Å². The number of ether oxygens (including phenoxy) is 2. The number of amides is 3. The molecule has 1 fully saturated rings. The van der Waals surface area contributed by atoms with Crippen LogP contribution in [0.5, 0.6) is 5.75 Å². The molecule has 3 aromatic rings. The number of para-hydroxylation sites is 2. The number of rotatable bonds is 11. The molecule has 0 spiro atoms. The van der Waals surface area contributed by atoms with E-state index in [4.69, 9.17) is 9.47 Å². The molecule has 1 aliphatic rings. The van der Waals surface area contributed by atoms with E-state index in [0.717, 1.165) is 11.4 Å². The van der Waals surface area contributed by atoms with Gasteiger partial charge in [0.1, 0.15) is 12.3 Å². The Bertz CT molecular complexity index is 1260. The van der Waals surface area contributed by atoms with Crippen LogP contribution < -0.4 is 15.0 Å². The van der Waals surface area contributed by atoms with Gasteiger partial charge in [0.05, 0.1) is 31.5 Å². The molecule has 1 N–H and O–H groups in total. The fraction of sp³-hybridized carbons (Fsp3) is 0.357. The highest BCUT2D eigenvalue weighted by Gasteiger charge is 2.24. The Morgan fingerprint density at radius 3 is 2.44 bits per heavy atom. The zero-order valence-corrected chi connectivity index (χ0v) is 23.0. The van der Waals surface area contributed by atoms with Crippen LogP contribution in [0.2, 0.25) is 0 Å². The third-order valence-corrected chi connectivity index (χ3v) is 7.20. The number of benzene rings is 2. The smallest absolute Gasteiger partial charge is 0.254 e. The molecule has 0 saturated carbocycles. The van der Waals surface area contributed by atoms with Crippen LogP contribution in [0, 0.1) is 0 Å². The number of thiazole rings is 1. The summed E-state index contributed by atoms with van der Waals surface area (Å²) in [4.78, 5) is 48.5. The maximum absolute atomic E-state index is 12.9. The Balaban J connectivity index is 1.28. The Morgan fingerprint density at radius 1 is 1.00 bits per heavy atom. The van der Waals surface area contributed by atoms with Gasteiger partial charge in [0, 0.05) is 50.8 Å². The summed E-state index contributed by atoms with van der Waals surface area (Å²) in [6.45, 7) is 3.09. The van der Waals surface area contributed by atoms with E-state index < -0.39 is 0 Å². The minimum Gasteiger partial charge on any atom is -0.495 e. The molecule has 1 saturated heterocycles. The summed E-state index contributed by atoms with van der Waals surface area (Å²) in [5.41, 5.74) is 2.13. The topological polar surface area (TPSA) is 104 Å². The number of nitrogens with one attached hydrogen (secondary N) is 1. The van der Waals surface area contributed by atoms with Crippen molar-refractivity contribution in [3.8, 4) is 5.75 Å². The molecule has 0 atom stereocenters. The first-order valence-corrected chi connectivity index (χ1v) is 13.6. The highest BCUT2D eigenvalue weighted by Crippen LogP contribution is 2.28. The van der Waals surface area contributed by atoms with Gasteiger partial charge in [-0.05, 0) is 24.3 Å². The van der Waals surface area contributed by atoms with Gasteiger partial charge < -0.3 is 29.5 Å². The minimum absolute atomic E-state index is 0.00273. The fourth-order valence-electron chi connectivity index (χ4n) is 4.35. The molecular formula is C28H33N5O5S. The van der Waals surface area contributed by atoms with Crippen molar-refractivity contribution in [2.75, 3.05) is 70.3 Å². The van der Waals surface area contributed by atoms with E-state index in [9.17, 15) is 14.4 Å². The maximum Gasteiger partial charge on any atom is 0.254 e. The van der Waals surface area contributed by atoms with E-state index in [-0.39, 0.29) is 37.2 Å². The normalized spacial score (nSPS) is 13.2. The summed E-state index contributed by atoms with van der Waals surface area (Å²) in [5.74, 6) is 0.201. The van der Waals surface area contributed by atoms with Crippen molar-refractivity contribution in [3.05, 3.63) is 71.2 Å². The number of aromatic nitrogens is 1. The number of nitrogens with zero attached hydrogens (tertiary/aromatic N) is 4. The average Bonchev–Trinajstić information content (AvgIpc) is 3.41. The predicted octanol–water partition coefficient (Wildman–Crippen LogP) is 2.77. The Morgan fingerprint density at radius 2 is 1.72 bits per heavy atom. The van der Waals surface area contributed by atoms with E-state index in [1.54, 1.807) is 43.9 Å². The van der Waals surface area contributed by atoms with Crippen LogP contribution in [0.3, 0.4) is 0 Å². The molecule has 1 aliphatic heterocycles. The van der Waals surface area contributed by atoms with Gasteiger partial charge in [-0.2, -0.15) is 0 Å². The molecule has 2 heterocycles. The predicted molar refractivity (Wildman–Crippen MR) is 150 cm³/mol. The fourth-order valence-corrected chi connectivity index (χ4v) is 5.08. The first-order valence-electron chi connectivity index (χ1n) is 12.7. The summed E-state index contributed by atoms with van der Waals surface area (Å²) in [5, 5.41) is 4.92. The second-order valence-electron chi connectivity index (χ2n) is 8.99. The van der Waals surface area contributed by atoms with Gasteiger partial charge in [0.25, 0.3) is 5.91 Å². The molecule has 0 bridgehead atoms. The molecule has 0 radical (unpaired) electrons. The summed E-state index contributed by atoms with van der Waals surface area (Å²) < 4.78 is 10.6. The zero-order chi connectivity index (χ0) is 27.6. The van der Waals surface area contributed by atoms with Crippen molar-refractivity contribution in [3.63, 3.8) is 0 Å². The van der Waals surface area contributed by atoms with Crippen LogP contribution in [0.25, 0.3) is 0 Å². The second kappa shape index (κ2) is 13.7. The third-order valence-electron chi connectivity index (χ3n) is 6.40. The highest BCUT2D eigenvalue weighted by molar-refractivity contribution is 7.13. The van der Waals surface area contributed by atoms with Crippen LogP contribution in [0.4, 0.5) is 10.8 Å². The molecule has 0 unspecified atom stereocenters. The van der Waals surface area contributed by atoms with E-state index in [1.807, 2.05) is 35.2 Å². The van der Waals surface area contributed by atoms with Gasteiger partial charge in [-0.25, -0.2) is 4.98 Å². The molecular weight excluding hydrogens is 518 g/mol. The van der Waals surface area contributed by atoms with Crippen LogP contribution in [0.15, 0.2) is 60.0 Å². The van der Waals surface area contributed by atoms with E-state index in [1.165, 1.54) is 16.2 Å². The van der Waals surface area contributed by atoms with Crippen LogP contribution in [0.1, 0.15) is 16.1 Å². The van der Waals surface area contributed by atoms with Crippen molar-refractivity contribution in [2.24, 2.45) is 0 Å². The number of carbonyl (C=O) groups is 3. The molecule has 10 nitrogen and oxygen atoms in total. The molecule has 11 heteroatoms. The van der Waals surface area contributed by atoms with Crippen molar-refractivity contribution in [1.82, 2.24) is 14.8 Å².